The molecule has 2 fully saturated rings. The van der Waals surface area contributed by atoms with E-state index in [2.05, 4.69) is 17.4 Å². The molecule has 4 unspecified atom stereocenters. The summed E-state index contributed by atoms with van der Waals surface area (Å²) in [6.07, 6.45) is 4.40. The molecule has 5 nitrogen and oxygen atoms in total. The van der Waals surface area contributed by atoms with Gasteiger partial charge in [0.1, 0.15) is 0 Å². The number of ether oxygens (including phenoxy) is 1. The summed E-state index contributed by atoms with van der Waals surface area (Å²) >= 11 is 0. The fraction of sp³-hybridized carbons (Fsp3) is 0.619. The monoisotopic (exact) mass is 359 g/mol. The van der Waals surface area contributed by atoms with E-state index in [0.717, 1.165) is 32.1 Å². The number of carbonyl (C=O) groups is 2. The second kappa shape index (κ2) is 7.78. The molecule has 2 saturated carbocycles. The van der Waals surface area contributed by atoms with Crippen molar-refractivity contribution in [3.05, 3.63) is 35.9 Å². The number of benzene rings is 1. The third-order valence-electron chi connectivity index (χ3n) is 6.24. The third-order valence-corrected chi connectivity index (χ3v) is 6.24. The predicted octanol–water partition coefficient (Wildman–Crippen LogP) is 3.34. The molecule has 2 aliphatic rings. The first-order valence-electron chi connectivity index (χ1n) is 9.58. The molecular weight excluding hydrogens is 330 g/mol. The molecule has 1 aromatic carbocycles. The highest BCUT2D eigenvalue weighted by atomic mass is 16.5. The number of methoxy groups -OCH3 is 1. The van der Waals surface area contributed by atoms with Crippen LogP contribution in [0.15, 0.2) is 30.3 Å². The Kier molecular flexibility index (Phi) is 5.66. The molecule has 0 bridgehead atoms. The van der Waals surface area contributed by atoms with Crippen LogP contribution in [0.4, 0.5) is 0 Å². The van der Waals surface area contributed by atoms with Crippen LogP contribution in [-0.4, -0.2) is 36.2 Å². The van der Waals surface area contributed by atoms with Crippen molar-refractivity contribution in [2.75, 3.05) is 7.11 Å². The van der Waals surface area contributed by atoms with E-state index in [-0.39, 0.29) is 11.9 Å². The number of hydrogen-bond acceptors (Lipinski definition) is 3. The summed E-state index contributed by atoms with van der Waals surface area (Å²) in [5.74, 6) is -1.13. The fourth-order valence-electron chi connectivity index (χ4n) is 4.36. The lowest BCUT2D eigenvalue weighted by Crippen LogP contribution is -2.44. The molecule has 0 spiro atoms. The molecule has 0 radical (unpaired) electrons. The first kappa shape index (κ1) is 18.9. The van der Waals surface area contributed by atoms with Gasteiger partial charge in [0.05, 0.1) is 17.4 Å². The van der Waals surface area contributed by atoms with Gasteiger partial charge in [0.2, 0.25) is 5.91 Å². The largest absolute Gasteiger partial charge is 0.481 e. The summed E-state index contributed by atoms with van der Waals surface area (Å²) in [5, 5.41) is 12.8. The number of carboxylic acid groups (broad SMARTS) is 1. The maximum atomic E-state index is 13.1. The van der Waals surface area contributed by atoms with Crippen molar-refractivity contribution < 1.29 is 19.4 Å². The minimum atomic E-state index is -0.882. The van der Waals surface area contributed by atoms with Crippen LogP contribution < -0.4 is 5.32 Å². The number of carbonyl (C=O) groups excluding carboxylic acids is 1. The van der Waals surface area contributed by atoms with Crippen LogP contribution in [0.3, 0.4) is 0 Å². The van der Waals surface area contributed by atoms with Crippen LogP contribution in [0.2, 0.25) is 0 Å². The van der Waals surface area contributed by atoms with Crippen molar-refractivity contribution in [2.24, 2.45) is 11.3 Å². The van der Waals surface area contributed by atoms with E-state index >= 15 is 0 Å². The summed E-state index contributed by atoms with van der Waals surface area (Å²) in [5.41, 5.74) is 0.689. The van der Waals surface area contributed by atoms with Gasteiger partial charge in [0.25, 0.3) is 0 Å². The minimum absolute atomic E-state index is 0.0352. The minimum Gasteiger partial charge on any atom is -0.481 e. The maximum Gasteiger partial charge on any atom is 0.309 e. The van der Waals surface area contributed by atoms with Gasteiger partial charge in [0.15, 0.2) is 0 Å². The number of aliphatic carboxylic acids is 1. The summed E-state index contributed by atoms with van der Waals surface area (Å²) in [6.45, 7) is 1.77. The summed E-state index contributed by atoms with van der Waals surface area (Å²) in [6, 6.07) is 10.4. The first-order valence-corrected chi connectivity index (χ1v) is 9.58. The second-order valence-corrected chi connectivity index (χ2v) is 7.91. The standard InChI is InChI=1S/C21H29NO4/c1-14(26-2)17(19(23)24)13-21(10-6-7-11-21)20(25)22-18-12-16(18)15-8-4-3-5-9-15/h3-5,8-9,14,16-18H,6-7,10-13H2,1-2H3,(H,22,25)(H,23,24). The van der Waals surface area contributed by atoms with Crippen molar-refractivity contribution in [1.82, 2.24) is 5.32 Å². The Hall–Kier alpha value is -1.88. The molecule has 0 aliphatic heterocycles. The molecule has 1 aromatic rings. The summed E-state index contributed by atoms with van der Waals surface area (Å²) in [7, 11) is 1.52. The van der Waals surface area contributed by atoms with E-state index in [0.29, 0.717) is 12.3 Å². The Labute approximate surface area is 155 Å². The van der Waals surface area contributed by atoms with Gasteiger partial charge in [-0.1, -0.05) is 43.2 Å². The van der Waals surface area contributed by atoms with Gasteiger partial charge in [-0.15, -0.1) is 0 Å². The highest BCUT2D eigenvalue weighted by Gasteiger charge is 2.48. The number of amides is 1. The average Bonchev–Trinajstić information content (AvgIpc) is 3.24. The van der Waals surface area contributed by atoms with Crippen LogP contribution in [0, 0.1) is 11.3 Å². The van der Waals surface area contributed by atoms with Gasteiger partial charge in [-0.05, 0) is 38.2 Å². The fourth-order valence-corrected chi connectivity index (χ4v) is 4.36. The maximum absolute atomic E-state index is 13.1. The van der Waals surface area contributed by atoms with E-state index in [1.165, 1.54) is 12.7 Å². The Bertz CT molecular complexity index is 639. The Morgan fingerprint density at radius 3 is 2.50 bits per heavy atom. The number of rotatable bonds is 8. The number of hydrogen-bond donors (Lipinski definition) is 2. The zero-order valence-electron chi connectivity index (χ0n) is 15.6. The lowest BCUT2D eigenvalue weighted by molar-refractivity contribution is -0.149. The highest BCUT2D eigenvalue weighted by molar-refractivity contribution is 5.84. The van der Waals surface area contributed by atoms with E-state index in [1.54, 1.807) is 6.92 Å². The predicted molar refractivity (Wildman–Crippen MR) is 98.8 cm³/mol. The van der Waals surface area contributed by atoms with Crippen molar-refractivity contribution in [3.63, 3.8) is 0 Å². The van der Waals surface area contributed by atoms with Gasteiger partial charge in [-0.2, -0.15) is 0 Å². The van der Waals surface area contributed by atoms with E-state index in [9.17, 15) is 14.7 Å². The van der Waals surface area contributed by atoms with E-state index in [4.69, 9.17) is 4.74 Å². The van der Waals surface area contributed by atoms with Crippen molar-refractivity contribution in [2.45, 2.75) is 63.5 Å². The van der Waals surface area contributed by atoms with Gasteiger partial charge < -0.3 is 15.2 Å². The quantitative estimate of drug-likeness (QED) is 0.746. The van der Waals surface area contributed by atoms with Crippen molar-refractivity contribution in [1.29, 1.82) is 0 Å². The molecular formula is C21H29NO4. The molecule has 0 aromatic heterocycles. The second-order valence-electron chi connectivity index (χ2n) is 7.91. The summed E-state index contributed by atoms with van der Waals surface area (Å²) < 4.78 is 5.26. The number of carboxylic acids is 1. The molecule has 26 heavy (non-hydrogen) atoms. The normalized spacial score (nSPS) is 26.1. The Morgan fingerprint density at radius 2 is 1.92 bits per heavy atom. The average molecular weight is 359 g/mol. The topological polar surface area (TPSA) is 75.6 Å². The smallest absolute Gasteiger partial charge is 0.309 e. The van der Waals surface area contributed by atoms with Crippen LogP contribution in [0.25, 0.3) is 0 Å². The van der Waals surface area contributed by atoms with Gasteiger partial charge >= 0.3 is 5.97 Å². The molecule has 4 atom stereocenters. The highest BCUT2D eigenvalue weighted by Crippen LogP contribution is 2.46. The molecule has 5 heteroatoms. The molecule has 142 valence electrons. The van der Waals surface area contributed by atoms with E-state index < -0.39 is 23.4 Å². The van der Waals surface area contributed by atoms with Crippen molar-refractivity contribution in [3.8, 4) is 0 Å². The van der Waals surface area contributed by atoms with Crippen LogP contribution in [0.1, 0.15) is 56.9 Å². The molecule has 2 N–H and O–H groups in total. The zero-order valence-corrected chi connectivity index (χ0v) is 15.6. The lowest BCUT2D eigenvalue weighted by atomic mass is 9.75. The van der Waals surface area contributed by atoms with Crippen molar-refractivity contribution >= 4 is 11.9 Å². The molecule has 2 aliphatic carbocycles. The third kappa shape index (κ3) is 3.93. The number of nitrogens with one attached hydrogen (secondary N) is 1. The van der Waals surface area contributed by atoms with Crippen LogP contribution >= 0.6 is 0 Å². The SMILES string of the molecule is COC(C)C(CC1(C(=O)NC2CC2c2ccccc2)CCCC1)C(=O)O. The van der Waals surface area contributed by atoms with Gasteiger partial charge in [0, 0.05) is 19.1 Å². The molecule has 0 heterocycles. The van der Waals surface area contributed by atoms with Gasteiger partial charge in [-0.25, -0.2) is 0 Å². The van der Waals surface area contributed by atoms with Crippen LogP contribution in [0.5, 0.6) is 0 Å². The van der Waals surface area contributed by atoms with Crippen LogP contribution in [-0.2, 0) is 14.3 Å². The van der Waals surface area contributed by atoms with E-state index in [1.807, 2.05) is 18.2 Å². The van der Waals surface area contributed by atoms with Gasteiger partial charge in [-0.3, -0.25) is 9.59 Å². The Morgan fingerprint density at radius 1 is 1.27 bits per heavy atom. The first-order chi connectivity index (χ1) is 12.5. The molecule has 0 saturated heterocycles. The molecule has 3 rings (SSSR count). The molecule has 1 amide bonds. The Balaban J connectivity index is 1.67. The zero-order chi connectivity index (χ0) is 18.7. The summed E-state index contributed by atoms with van der Waals surface area (Å²) in [4.78, 5) is 24.8. The lowest BCUT2D eigenvalue weighted by Gasteiger charge is -2.32.